The maximum Gasteiger partial charge on any atom is 0.263 e. The molecule has 0 atom stereocenters. The van der Waals surface area contributed by atoms with Gasteiger partial charge in [-0.25, -0.2) is 0 Å². The first-order valence-corrected chi connectivity index (χ1v) is 8.16. The molecule has 4 N–H and O–H groups in total. The molecular formula is C14H16BrN3O2S. The third-order valence-corrected chi connectivity index (χ3v) is 4.55. The zero-order valence-corrected chi connectivity index (χ0v) is 13.9. The monoisotopic (exact) mass is 369 g/mol. The lowest BCUT2D eigenvalue weighted by Crippen LogP contribution is -2.37. The predicted molar refractivity (Wildman–Crippen MR) is 89.6 cm³/mol. The summed E-state index contributed by atoms with van der Waals surface area (Å²) in [6.07, 6.45) is 0.859. The highest BCUT2D eigenvalue weighted by Crippen LogP contribution is 2.35. The Balaban J connectivity index is 2.09. The van der Waals surface area contributed by atoms with Gasteiger partial charge in [-0.2, -0.15) is 0 Å². The molecule has 0 aliphatic rings. The number of hydrogen-bond donors (Lipinski definition) is 3. The number of carbonyl (C=O) groups is 2. The minimum absolute atomic E-state index is 0.0454. The van der Waals surface area contributed by atoms with E-state index in [0.29, 0.717) is 17.1 Å². The summed E-state index contributed by atoms with van der Waals surface area (Å²) in [4.78, 5) is 24.0. The van der Waals surface area contributed by atoms with Gasteiger partial charge in [0.05, 0.1) is 12.2 Å². The second-order valence-electron chi connectivity index (χ2n) is 4.52. The van der Waals surface area contributed by atoms with Crippen molar-refractivity contribution in [1.29, 1.82) is 0 Å². The van der Waals surface area contributed by atoms with Gasteiger partial charge in [-0.15, -0.1) is 11.3 Å². The van der Waals surface area contributed by atoms with E-state index in [1.807, 2.05) is 25.1 Å². The zero-order valence-electron chi connectivity index (χ0n) is 11.5. The Labute approximate surface area is 135 Å². The van der Waals surface area contributed by atoms with Gasteiger partial charge in [-0.05, 0) is 24.6 Å². The van der Waals surface area contributed by atoms with Crippen molar-refractivity contribution in [3.63, 3.8) is 0 Å². The number of nitrogen functional groups attached to an aromatic ring is 1. The molecule has 0 bridgehead atoms. The molecule has 1 aromatic carbocycles. The van der Waals surface area contributed by atoms with Crippen LogP contribution in [0, 0.1) is 0 Å². The molecule has 0 radical (unpaired) electrons. The maximum atomic E-state index is 12.1. The van der Waals surface area contributed by atoms with Crippen LogP contribution in [0.25, 0.3) is 10.1 Å². The topological polar surface area (TPSA) is 84.2 Å². The second-order valence-corrected chi connectivity index (χ2v) is 6.49. The first-order valence-electron chi connectivity index (χ1n) is 6.55. The smallest absolute Gasteiger partial charge is 0.263 e. The number of nitrogens with two attached hydrogens (primary N) is 1. The number of hydrogen-bond acceptors (Lipinski definition) is 4. The van der Waals surface area contributed by atoms with E-state index in [4.69, 9.17) is 5.73 Å². The molecule has 0 saturated heterocycles. The fourth-order valence-corrected chi connectivity index (χ4v) is 3.21. The van der Waals surface area contributed by atoms with Crippen LogP contribution in [0.4, 0.5) is 5.69 Å². The Morgan fingerprint density at radius 1 is 1.33 bits per heavy atom. The van der Waals surface area contributed by atoms with Crippen molar-refractivity contribution >= 4 is 54.9 Å². The summed E-state index contributed by atoms with van der Waals surface area (Å²) in [5.74, 6) is -0.524. The number of amides is 2. The van der Waals surface area contributed by atoms with Crippen molar-refractivity contribution in [2.75, 3.05) is 18.8 Å². The standard InChI is InChI=1S/C14H16BrN3O2S/c1-2-5-17-11(19)7-18-14(20)13-12(16)9-6-8(15)3-4-10(9)21-13/h3-4,6H,2,5,7,16H2,1H3,(H,17,19)(H,18,20). The number of thiophene rings is 1. The number of nitrogens with one attached hydrogen (secondary N) is 2. The summed E-state index contributed by atoms with van der Waals surface area (Å²) in [7, 11) is 0. The number of benzene rings is 1. The Kier molecular flexibility index (Phi) is 5.19. The van der Waals surface area contributed by atoms with Crippen molar-refractivity contribution in [2.45, 2.75) is 13.3 Å². The molecule has 5 nitrogen and oxygen atoms in total. The molecule has 0 fully saturated rings. The van der Waals surface area contributed by atoms with Crippen LogP contribution in [0.5, 0.6) is 0 Å². The van der Waals surface area contributed by atoms with E-state index < -0.39 is 0 Å². The Morgan fingerprint density at radius 2 is 2.10 bits per heavy atom. The van der Waals surface area contributed by atoms with Gasteiger partial charge in [0.1, 0.15) is 4.88 Å². The number of halogens is 1. The molecule has 21 heavy (non-hydrogen) atoms. The molecule has 2 rings (SSSR count). The fraction of sp³-hybridized carbons (Fsp3) is 0.286. The van der Waals surface area contributed by atoms with Crippen molar-refractivity contribution in [3.8, 4) is 0 Å². The van der Waals surface area contributed by atoms with E-state index in [0.717, 1.165) is 21.0 Å². The van der Waals surface area contributed by atoms with Crippen LogP contribution in [0.1, 0.15) is 23.0 Å². The lowest BCUT2D eigenvalue weighted by atomic mass is 10.2. The van der Waals surface area contributed by atoms with Crippen molar-refractivity contribution in [1.82, 2.24) is 10.6 Å². The lowest BCUT2D eigenvalue weighted by molar-refractivity contribution is -0.120. The minimum Gasteiger partial charge on any atom is -0.397 e. The van der Waals surface area contributed by atoms with Crippen molar-refractivity contribution < 1.29 is 9.59 Å². The third kappa shape index (κ3) is 3.74. The molecule has 0 aliphatic carbocycles. The van der Waals surface area contributed by atoms with Gasteiger partial charge in [0.15, 0.2) is 0 Å². The summed E-state index contributed by atoms with van der Waals surface area (Å²) in [5.41, 5.74) is 6.47. The first-order chi connectivity index (χ1) is 10.0. The normalized spacial score (nSPS) is 10.6. The molecule has 0 unspecified atom stereocenters. The van der Waals surface area contributed by atoms with Gasteiger partial charge in [0.25, 0.3) is 5.91 Å². The van der Waals surface area contributed by atoms with Crippen LogP contribution in [-0.2, 0) is 4.79 Å². The van der Waals surface area contributed by atoms with Gasteiger partial charge in [0, 0.05) is 21.1 Å². The highest BCUT2D eigenvalue weighted by Gasteiger charge is 2.17. The molecular weight excluding hydrogens is 354 g/mol. The van der Waals surface area contributed by atoms with Crippen molar-refractivity contribution in [3.05, 3.63) is 27.5 Å². The van der Waals surface area contributed by atoms with Gasteiger partial charge >= 0.3 is 0 Å². The molecule has 2 amide bonds. The average molecular weight is 370 g/mol. The predicted octanol–water partition coefficient (Wildman–Crippen LogP) is 2.50. The van der Waals surface area contributed by atoms with Gasteiger partial charge < -0.3 is 16.4 Å². The molecule has 0 spiro atoms. The van der Waals surface area contributed by atoms with Gasteiger partial charge in [-0.3, -0.25) is 9.59 Å². The van der Waals surface area contributed by atoms with Crippen LogP contribution >= 0.6 is 27.3 Å². The summed E-state index contributed by atoms with van der Waals surface area (Å²) in [6, 6.07) is 5.69. The Hall–Kier alpha value is -1.60. The number of fused-ring (bicyclic) bond motifs is 1. The largest absolute Gasteiger partial charge is 0.397 e. The second kappa shape index (κ2) is 6.91. The minimum atomic E-state index is -0.323. The van der Waals surface area contributed by atoms with Crippen molar-refractivity contribution in [2.24, 2.45) is 0 Å². The van der Waals surface area contributed by atoms with E-state index >= 15 is 0 Å². The van der Waals surface area contributed by atoms with Crippen LogP contribution < -0.4 is 16.4 Å². The molecule has 2 aromatic rings. The quantitative estimate of drug-likeness (QED) is 0.756. The fourth-order valence-electron chi connectivity index (χ4n) is 1.83. The highest BCUT2D eigenvalue weighted by atomic mass is 79.9. The summed E-state index contributed by atoms with van der Waals surface area (Å²) in [6.45, 7) is 2.53. The highest BCUT2D eigenvalue weighted by molar-refractivity contribution is 9.10. The van der Waals surface area contributed by atoms with Gasteiger partial charge in [-0.1, -0.05) is 22.9 Å². The molecule has 0 saturated carbocycles. The van der Waals surface area contributed by atoms with Crippen LogP contribution in [-0.4, -0.2) is 24.9 Å². The maximum absolute atomic E-state index is 12.1. The number of rotatable bonds is 5. The van der Waals surface area contributed by atoms with Crippen LogP contribution in [0.3, 0.4) is 0 Å². The summed E-state index contributed by atoms with van der Waals surface area (Å²) < 4.78 is 1.85. The lowest BCUT2D eigenvalue weighted by Gasteiger charge is -2.05. The molecule has 1 heterocycles. The van der Waals surface area contributed by atoms with E-state index in [2.05, 4.69) is 26.6 Å². The molecule has 112 valence electrons. The summed E-state index contributed by atoms with van der Waals surface area (Å²) >= 11 is 4.70. The Morgan fingerprint density at radius 3 is 2.81 bits per heavy atom. The van der Waals surface area contributed by atoms with E-state index in [1.165, 1.54) is 11.3 Å². The third-order valence-electron chi connectivity index (χ3n) is 2.88. The van der Waals surface area contributed by atoms with Gasteiger partial charge in [0.2, 0.25) is 5.91 Å². The number of anilines is 1. The van der Waals surface area contributed by atoms with E-state index in [-0.39, 0.29) is 18.4 Å². The zero-order chi connectivity index (χ0) is 15.4. The molecule has 7 heteroatoms. The van der Waals surface area contributed by atoms with Crippen LogP contribution in [0.2, 0.25) is 0 Å². The Bertz CT molecular complexity index is 684. The first kappa shape index (κ1) is 15.8. The van der Waals surface area contributed by atoms with Crippen LogP contribution in [0.15, 0.2) is 22.7 Å². The van der Waals surface area contributed by atoms with E-state index in [9.17, 15) is 9.59 Å². The number of carbonyl (C=O) groups excluding carboxylic acids is 2. The average Bonchev–Trinajstić information content (AvgIpc) is 2.79. The molecule has 0 aliphatic heterocycles. The summed E-state index contributed by atoms with van der Waals surface area (Å²) in [5, 5.41) is 6.13. The molecule has 1 aromatic heterocycles. The SMILES string of the molecule is CCCNC(=O)CNC(=O)c1sc2ccc(Br)cc2c1N. The van der Waals surface area contributed by atoms with E-state index in [1.54, 1.807) is 0 Å².